The maximum atomic E-state index is 12.8. The Labute approximate surface area is 235 Å². The summed E-state index contributed by atoms with van der Waals surface area (Å²) in [6, 6.07) is 24.3. The van der Waals surface area contributed by atoms with Crippen LogP contribution < -0.4 is 14.8 Å². The number of carbonyl (C=O) groups excluding carboxylic acids is 1. The van der Waals surface area contributed by atoms with Gasteiger partial charge in [-0.3, -0.25) is 5.10 Å². The largest absolute Gasteiger partial charge is 0.497 e. The predicted octanol–water partition coefficient (Wildman–Crippen LogP) is 7.40. The molecule has 1 saturated carbocycles. The normalized spacial score (nSPS) is 13.0. The zero-order valence-corrected chi connectivity index (χ0v) is 23.7. The van der Waals surface area contributed by atoms with Crippen molar-refractivity contribution >= 4 is 17.6 Å². The molecule has 3 aromatic carbocycles. The number of hydrogen-bond donors (Lipinski definition) is 2. The molecule has 5 rings (SSSR count). The van der Waals surface area contributed by atoms with Gasteiger partial charge in [0.1, 0.15) is 17.1 Å². The molecule has 2 N–H and O–H groups in total. The lowest BCUT2D eigenvalue weighted by atomic mass is 10.0. The van der Waals surface area contributed by atoms with Crippen LogP contribution in [0, 0.1) is 0 Å². The van der Waals surface area contributed by atoms with Crippen LogP contribution in [0.5, 0.6) is 11.5 Å². The minimum Gasteiger partial charge on any atom is -0.497 e. The Morgan fingerprint density at radius 2 is 1.73 bits per heavy atom. The molecule has 0 atom stereocenters. The molecular weight excluding hydrogens is 504 g/mol. The van der Waals surface area contributed by atoms with E-state index in [4.69, 9.17) is 14.2 Å². The second-order valence-electron chi connectivity index (χ2n) is 11.0. The monoisotopic (exact) mass is 540 g/mol. The van der Waals surface area contributed by atoms with Crippen molar-refractivity contribution in [2.75, 3.05) is 19.5 Å². The number of aromatic amines is 1. The third kappa shape index (κ3) is 6.57. The van der Waals surface area contributed by atoms with Crippen LogP contribution >= 0.6 is 0 Å². The number of H-pyrrole nitrogens is 1. The van der Waals surface area contributed by atoms with Gasteiger partial charge in [0, 0.05) is 36.0 Å². The van der Waals surface area contributed by atoms with E-state index < -0.39 is 5.60 Å². The number of rotatable bonds is 9. The second-order valence-corrected chi connectivity index (χ2v) is 11.0. The van der Waals surface area contributed by atoms with Gasteiger partial charge in [0.05, 0.1) is 19.9 Å². The maximum Gasteiger partial charge on any atom is 0.410 e. The molecule has 1 aliphatic rings. The van der Waals surface area contributed by atoms with Crippen molar-refractivity contribution in [3.05, 3.63) is 78.4 Å². The average Bonchev–Trinajstić information content (AvgIpc) is 3.68. The van der Waals surface area contributed by atoms with Gasteiger partial charge in [-0.2, -0.15) is 5.10 Å². The van der Waals surface area contributed by atoms with E-state index >= 15 is 0 Å². The van der Waals surface area contributed by atoms with Crippen LogP contribution in [0.15, 0.2) is 72.8 Å². The summed E-state index contributed by atoms with van der Waals surface area (Å²) in [6.45, 7) is 6.19. The zero-order valence-electron chi connectivity index (χ0n) is 23.7. The van der Waals surface area contributed by atoms with Crippen LogP contribution in [-0.4, -0.2) is 47.1 Å². The topological polar surface area (TPSA) is 88.7 Å². The van der Waals surface area contributed by atoms with Crippen molar-refractivity contribution in [1.29, 1.82) is 0 Å². The van der Waals surface area contributed by atoms with Gasteiger partial charge in [-0.25, -0.2) is 4.79 Å². The molecule has 1 amide bonds. The number of nitrogens with one attached hydrogen (secondary N) is 2. The summed E-state index contributed by atoms with van der Waals surface area (Å²) in [5, 5.41) is 11.0. The highest BCUT2D eigenvalue weighted by Gasteiger charge is 2.35. The van der Waals surface area contributed by atoms with Gasteiger partial charge in [0.25, 0.3) is 0 Å². The lowest BCUT2D eigenvalue weighted by Crippen LogP contribution is -2.37. The minimum atomic E-state index is -0.520. The Bertz CT molecular complexity index is 1470. The third-order valence-corrected chi connectivity index (χ3v) is 6.66. The molecule has 4 aromatic rings. The Morgan fingerprint density at radius 1 is 0.975 bits per heavy atom. The van der Waals surface area contributed by atoms with E-state index in [1.54, 1.807) is 14.2 Å². The fraction of sp³-hybridized carbons (Fsp3) is 0.312. The number of nitrogens with zero attached hydrogens (tertiary/aromatic N) is 2. The SMILES string of the molecule is COc1ccc(-c2ccc(-c3cc(Nc4cccc(CN(C(=O)OC(C)(C)C)C5CC5)c4)n[nH]3)cc2)c(OC)c1. The summed E-state index contributed by atoms with van der Waals surface area (Å²) in [6.07, 6.45) is 1.77. The van der Waals surface area contributed by atoms with Crippen LogP contribution in [0.3, 0.4) is 0 Å². The quantitative estimate of drug-likeness (QED) is 0.230. The lowest BCUT2D eigenvalue weighted by molar-refractivity contribution is 0.0216. The highest BCUT2D eigenvalue weighted by molar-refractivity contribution is 5.75. The number of amides is 1. The van der Waals surface area contributed by atoms with Crippen molar-refractivity contribution in [2.45, 2.75) is 51.8 Å². The van der Waals surface area contributed by atoms with E-state index in [-0.39, 0.29) is 12.1 Å². The van der Waals surface area contributed by atoms with E-state index in [0.29, 0.717) is 12.4 Å². The molecule has 40 heavy (non-hydrogen) atoms. The van der Waals surface area contributed by atoms with Crippen LogP contribution in [0.1, 0.15) is 39.2 Å². The first kappa shape index (κ1) is 27.1. The van der Waals surface area contributed by atoms with Crippen LogP contribution in [-0.2, 0) is 11.3 Å². The Balaban J connectivity index is 1.26. The van der Waals surface area contributed by atoms with Gasteiger partial charge in [0.15, 0.2) is 5.82 Å². The van der Waals surface area contributed by atoms with E-state index in [9.17, 15) is 4.79 Å². The van der Waals surface area contributed by atoms with Crippen molar-refractivity contribution in [1.82, 2.24) is 15.1 Å². The lowest BCUT2D eigenvalue weighted by Gasteiger charge is -2.27. The first-order valence-corrected chi connectivity index (χ1v) is 13.5. The number of ether oxygens (including phenoxy) is 3. The summed E-state index contributed by atoms with van der Waals surface area (Å²) in [4.78, 5) is 14.6. The number of aromatic nitrogens is 2. The van der Waals surface area contributed by atoms with E-state index in [1.165, 1.54) is 0 Å². The molecule has 8 heteroatoms. The first-order chi connectivity index (χ1) is 19.2. The molecule has 208 valence electrons. The summed E-state index contributed by atoms with van der Waals surface area (Å²) in [7, 11) is 3.30. The third-order valence-electron chi connectivity index (χ3n) is 6.66. The van der Waals surface area contributed by atoms with Crippen molar-refractivity contribution in [3.8, 4) is 33.9 Å². The summed E-state index contributed by atoms with van der Waals surface area (Å²) < 4.78 is 16.5. The molecule has 1 aromatic heterocycles. The summed E-state index contributed by atoms with van der Waals surface area (Å²) in [5.74, 6) is 2.22. The molecule has 8 nitrogen and oxygen atoms in total. The van der Waals surface area contributed by atoms with Crippen LogP contribution in [0.2, 0.25) is 0 Å². The minimum absolute atomic E-state index is 0.248. The Morgan fingerprint density at radius 3 is 2.40 bits per heavy atom. The van der Waals surface area contributed by atoms with Crippen molar-refractivity contribution < 1.29 is 19.0 Å². The second kappa shape index (κ2) is 11.3. The van der Waals surface area contributed by atoms with Crippen molar-refractivity contribution in [2.24, 2.45) is 0 Å². The molecule has 1 fully saturated rings. The van der Waals surface area contributed by atoms with E-state index in [1.807, 2.05) is 74.2 Å². The molecular formula is C32H36N4O4. The molecule has 1 aliphatic carbocycles. The molecule has 0 aliphatic heterocycles. The predicted molar refractivity (Wildman–Crippen MR) is 157 cm³/mol. The average molecular weight is 541 g/mol. The standard InChI is InChI=1S/C32H36N4O4/c1-32(2,3)40-31(37)36(25-13-14-25)20-21-7-6-8-24(17-21)33-30-19-28(34-35-30)23-11-9-22(10-12-23)27-16-15-26(38-4)18-29(27)39-5/h6-12,15-19,25H,13-14,20H2,1-5H3,(H2,33,34,35). The van der Waals surface area contributed by atoms with Gasteiger partial charge < -0.3 is 24.4 Å². The first-order valence-electron chi connectivity index (χ1n) is 13.5. The summed E-state index contributed by atoms with van der Waals surface area (Å²) in [5.41, 5.74) is 5.37. The smallest absolute Gasteiger partial charge is 0.410 e. The number of benzene rings is 3. The fourth-order valence-corrected chi connectivity index (χ4v) is 4.54. The van der Waals surface area contributed by atoms with Crippen molar-refractivity contribution in [3.63, 3.8) is 0 Å². The number of hydrogen-bond acceptors (Lipinski definition) is 6. The summed E-state index contributed by atoms with van der Waals surface area (Å²) >= 11 is 0. The van der Waals surface area contributed by atoms with E-state index in [2.05, 4.69) is 39.8 Å². The Kier molecular flexibility index (Phi) is 7.69. The van der Waals surface area contributed by atoms with E-state index in [0.717, 1.165) is 58.0 Å². The molecule has 0 unspecified atom stereocenters. The molecule has 0 saturated heterocycles. The highest BCUT2D eigenvalue weighted by atomic mass is 16.6. The maximum absolute atomic E-state index is 12.8. The zero-order chi connectivity index (χ0) is 28.3. The van der Waals surface area contributed by atoms with Gasteiger partial charge in [-0.05, 0) is 74.6 Å². The van der Waals surface area contributed by atoms with Crippen LogP contribution in [0.25, 0.3) is 22.4 Å². The number of methoxy groups -OCH3 is 2. The number of anilines is 2. The van der Waals surface area contributed by atoms with Gasteiger partial charge in [-0.1, -0.05) is 36.4 Å². The highest BCUT2D eigenvalue weighted by Crippen LogP contribution is 2.35. The molecule has 0 bridgehead atoms. The Hall–Kier alpha value is -4.46. The molecule has 0 radical (unpaired) electrons. The molecule has 1 heterocycles. The number of carbonyl (C=O) groups is 1. The van der Waals surface area contributed by atoms with Gasteiger partial charge in [0.2, 0.25) is 0 Å². The van der Waals surface area contributed by atoms with Gasteiger partial charge in [-0.15, -0.1) is 0 Å². The van der Waals surface area contributed by atoms with Crippen LogP contribution in [0.4, 0.5) is 16.3 Å². The van der Waals surface area contributed by atoms with Gasteiger partial charge >= 0.3 is 6.09 Å². The fourth-order valence-electron chi connectivity index (χ4n) is 4.54. The molecule has 0 spiro atoms.